The lowest BCUT2D eigenvalue weighted by atomic mass is 10.1. The number of pyridine rings is 1. The van der Waals surface area contributed by atoms with Crippen molar-refractivity contribution in [2.75, 3.05) is 0 Å². The number of nitrogens with zero attached hydrogens (tertiary/aromatic N) is 2. The molecule has 0 aliphatic carbocycles. The van der Waals surface area contributed by atoms with E-state index in [4.69, 9.17) is 4.52 Å². The van der Waals surface area contributed by atoms with Crippen molar-refractivity contribution in [3.63, 3.8) is 0 Å². The quantitative estimate of drug-likeness (QED) is 0.732. The van der Waals surface area contributed by atoms with Gasteiger partial charge in [-0.1, -0.05) is 41.6 Å². The van der Waals surface area contributed by atoms with E-state index >= 15 is 0 Å². The molecule has 0 spiro atoms. The first-order chi connectivity index (χ1) is 9.74. The van der Waals surface area contributed by atoms with Crippen molar-refractivity contribution in [1.29, 1.82) is 0 Å². The van der Waals surface area contributed by atoms with Gasteiger partial charge in [-0.3, -0.25) is 4.79 Å². The monoisotopic (exact) mass is 266 g/mol. The van der Waals surface area contributed by atoms with E-state index in [0.717, 1.165) is 16.8 Å². The van der Waals surface area contributed by atoms with E-state index in [9.17, 15) is 4.79 Å². The first kappa shape index (κ1) is 12.4. The van der Waals surface area contributed by atoms with Crippen LogP contribution >= 0.6 is 0 Å². The van der Waals surface area contributed by atoms with Gasteiger partial charge < -0.3 is 9.09 Å². The Hall–Kier alpha value is -2.62. The maximum Gasteiger partial charge on any atom is 0.253 e. The zero-order valence-corrected chi connectivity index (χ0v) is 11.1. The van der Waals surface area contributed by atoms with Crippen LogP contribution in [0.3, 0.4) is 0 Å². The zero-order valence-electron chi connectivity index (χ0n) is 11.1. The summed E-state index contributed by atoms with van der Waals surface area (Å²) in [5.41, 5.74) is 2.43. The molecule has 3 rings (SSSR count). The molecule has 0 fully saturated rings. The van der Waals surface area contributed by atoms with Gasteiger partial charge in [-0.05, 0) is 13.0 Å². The van der Waals surface area contributed by atoms with Gasteiger partial charge in [0.15, 0.2) is 5.76 Å². The summed E-state index contributed by atoms with van der Waals surface area (Å²) in [7, 11) is 0. The van der Waals surface area contributed by atoms with Crippen LogP contribution in [0.25, 0.3) is 11.3 Å². The van der Waals surface area contributed by atoms with Crippen molar-refractivity contribution < 1.29 is 4.52 Å². The van der Waals surface area contributed by atoms with E-state index in [0.29, 0.717) is 12.3 Å². The Morgan fingerprint density at radius 1 is 1.15 bits per heavy atom. The van der Waals surface area contributed by atoms with E-state index < -0.39 is 0 Å². The van der Waals surface area contributed by atoms with Crippen molar-refractivity contribution in [1.82, 2.24) is 9.72 Å². The van der Waals surface area contributed by atoms with Crippen molar-refractivity contribution in [3.8, 4) is 11.3 Å². The Morgan fingerprint density at radius 2 is 1.95 bits per heavy atom. The second-order valence-corrected chi connectivity index (χ2v) is 4.67. The SMILES string of the molecule is Cc1cccn(Cc2cc(-c3ccccc3)on2)c1=O. The van der Waals surface area contributed by atoms with Gasteiger partial charge in [0.2, 0.25) is 0 Å². The van der Waals surface area contributed by atoms with E-state index in [1.54, 1.807) is 23.8 Å². The number of benzene rings is 1. The highest BCUT2D eigenvalue weighted by Crippen LogP contribution is 2.19. The average molecular weight is 266 g/mol. The summed E-state index contributed by atoms with van der Waals surface area (Å²) in [6.45, 7) is 2.22. The fourth-order valence-corrected chi connectivity index (χ4v) is 2.08. The van der Waals surface area contributed by atoms with Crippen LogP contribution in [0.1, 0.15) is 11.3 Å². The van der Waals surface area contributed by atoms with Crippen molar-refractivity contribution >= 4 is 0 Å². The third-order valence-electron chi connectivity index (χ3n) is 3.16. The summed E-state index contributed by atoms with van der Waals surface area (Å²) in [5.74, 6) is 0.710. The summed E-state index contributed by atoms with van der Waals surface area (Å²) in [6.07, 6.45) is 1.76. The Labute approximate surface area is 116 Å². The summed E-state index contributed by atoms with van der Waals surface area (Å²) in [6, 6.07) is 15.3. The van der Waals surface area contributed by atoms with Crippen LogP contribution in [0, 0.1) is 6.92 Å². The van der Waals surface area contributed by atoms with Crippen molar-refractivity contribution in [2.45, 2.75) is 13.5 Å². The molecule has 0 atom stereocenters. The molecule has 0 unspecified atom stereocenters. The molecule has 0 bridgehead atoms. The molecule has 3 aromatic rings. The molecule has 4 heteroatoms. The molecule has 0 N–H and O–H groups in total. The van der Waals surface area contributed by atoms with Gasteiger partial charge in [-0.15, -0.1) is 0 Å². The number of hydrogen-bond acceptors (Lipinski definition) is 3. The maximum atomic E-state index is 12.0. The van der Waals surface area contributed by atoms with E-state index in [-0.39, 0.29) is 5.56 Å². The minimum Gasteiger partial charge on any atom is -0.356 e. The summed E-state index contributed by atoms with van der Waals surface area (Å²) >= 11 is 0. The Bertz CT molecular complexity index is 772. The molecule has 0 saturated heterocycles. The Kier molecular flexibility index (Phi) is 3.21. The van der Waals surface area contributed by atoms with Gasteiger partial charge in [-0.25, -0.2) is 0 Å². The van der Waals surface area contributed by atoms with Crippen molar-refractivity contribution in [3.05, 3.63) is 76.3 Å². The molecule has 1 aromatic carbocycles. The van der Waals surface area contributed by atoms with Crippen LogP contribution in [-0.4, -0.2) is 9.72 Å². The molecule has 0 saturated carbocycles. The summed E-state index contributed by atoms with van der Waals surface area (Å²) in [4.78, 5) is 12.0. The smallest absolute Gasteiger partial charge is 0.253 e. The molecule has 0 radical (unpaired) electrons. The van der Waals surface area contributed by atoms with Crippen LogP contribution in [0.5, 0.6) is 0 Å². The lowest BCUT2D eigenvalue weighted by Crippen LogP contribution is -2.21. The predicted octanol–water partition coefficient (Wildman–Crippen LogP) is 2.86. The molecule has 20 heavy (non-hydrogen) atoms. The molecule has 100 valence electrons. The van der Waals surface area contributed by atoms with Gasteiger partial charge >= 0.3 is 0 Å². The summed E-state index contributed by atoms with van der Waals surface area (Å²) < 4.78 is 6.95. The fraction of sp³-hybridized carbons (Fsp3) is 0.125. The van der Waals surface area contributed by atoms with E-state index in [1.807, 2.05) is 42.5 Å². The second-order valence-electron chi connectivity index (χ2n) is 4.67. The predicted molar refractivity (Wildman–Crippen MR) is 76.5 cm³/mol. The molecule has 2 aromatic heterocycles. The molecular formula is C16H14N2O2. The first-order valence-electron chi connectivity index (χ1n) is 6.41. The van der Waals surface area contributed by atoms with E-state index in [1.165, 1.54) is 0 Å². The average Bonchev–Trinajstić information content (AvgIpc) is 2.93. The van der Waals surface area contributed by atoms with Crippen LogP contribution < -0.4 is 5.56 Å². The highest BCUT2D eigenvalue weighted by molar-refractivity contribution is 5.56. The Balaban J connectivity index is 1.88. The number of hydrogen-bond donors (Lipinski definition) is 0. The van der Waals surface area contributed by atoms with E-state index in [2.05, 4.69) is 5.16 Å². The molecular weight excluding hydrogens is 252 g/mol. The van der Waals surface area contributed by atoms with Gasteiger partial charge in [0.05, 0.1) is 6.54 Å². The molecule has 0 aliphatic heterocycles. The lowest BCUT2D eigenvalue weighted by Gasteiger charge is -2.02. The first-order valence-corrected chi connectivity index (χ1v) is 6.41. The fourth-order valence-electron chi connectivity index (χ4n) is 2.08. The van der Waals surface area contributed by atoms with Crippen molar-refractivity contribution in [2.24, 2.45) is 0 Å². The van der Waals surface area contributed by atoms with Crippen LogP contribution in [0.2, 0.25) is 0 Å². The van der Waals surface area contributed by atoms with Crippen LogP contribution in [0.15, 0.2) is 64.0 Å². The van der Waals surface area contributed by atoms with Gasteiger partial charge in [0, 0.05) is 23.4 Å². The van der Waals surface area contributed by atoms with Crippen LogP contribution in [0.4, 0.5) is 0 Å². The van der Waals surface area contributed by atoms with Crippen LogP contribution in [-0.2, 0) is 6.54 Å². The zero-order chi connectivity index (χ0) is 13.9. The largest absolute Gasteiger partial charge is 0.356 e. The number of aromatic nitrogens is 2. The topological polar surface area (TPSA) is 48.0 Å². The summed E-state index contributed by atoms with van der Waals surface area (Å²) in [5, 5.41) is 4.02. The number of rotatable bonds is 3. The molecule has 0 aliphatic rings. The molecule has 0 amide bonds. The van der Waals surface area contributed by atoms with Gasteiger partial charge in [0.1, 0.15) is 5.69 Å². The highest BCUT2D eigenvalue weighted by Gasteiger charge is 2.08. The molecule has 2 heterocycles. The number of aryl methyl sites for hydroxylation is 1. The third-order valence-corrected chi connectivity index (χ3v) is 3.16. The maximum absolute atomic E-state index is 12.0. The Morgan fingerprint density at radius 3 is 2.75 bits per heavy atom. The standard InChI is InChI=1S/C16H14N2O2/c1-12-6-5-9-18(16(12)19)11-14-10-15(20-17-14)13-7-3-2-4-8-13/h2-10H,11H2,1H3. The second kappa shape index (κ2) is 5.17. The third kappa shape index (κ3) is 2.40. The van der Waals surface area contributed by atoms with Gasteiger partial charge in [-0.2, -0.15) is 0 Å². The normalized spacial score (nSPS) is 10.7. The lowest BCUT2D eigenvalue weighted by molar-refractivity contribution is 0.421. The molecule has 4 nitrogen and oxygen atoms in total. The highest BCUT2D eigenvalue weighted by atomic mass is 16.5. The van der Waals surface area contributed by atoms with Gasteiger partial charge in [0.25, 0.3) is 5.56 Å². The minimum atomic E-state index is -0.00300. The minimum absolute atomic E-state index is 0.00300.